The summed E-state index contributed by atoms with van der Waals surface area (Å²) < 4.78 is 42.2. The van der Waals surface area contributed by atoms with Crippen LogP contribution in [0.25, 0.3) is 0 Å². The molecule has 0 heterocycles. The summed E-state index contributed by atoms with van der Waals surface area (Å²) >= 11 is 0.491. The van der Waals surface area contributed by atoms with Crippen molar-refractivity contribution in [1.82, 2.24) is 0 Å². The first-order valence-corrected chi connectivity index (χ1v) is 4.91. The molecule has 6 heteroatoms. The van der Waals surface area contributed by atoms with Crippen LogP contribution in [0.4, 0.5) is 13.2 Å². The minimum atomic E-state index is -4.43. The van der Waals surface area contributed by atoms with Gasteiger partial charge >= 0.3 is 6.18 Å². The van der Waals surface area contributed by atoms with E-state index >= 15 is 0 Å². The Labute approximate surface area is 94.8 Å². The maximum Gasteiger partial charge on any atom is 0.417 e. The van der Waals surface area contributed by atoms with E-state index in [1.54, 1.807) is 0 Å². The molecule has 0 atom stereocenters. The standard InChI is InChI=1S/C10H8F3NOS/c1-2-9(14)15-16-8-6-4-3-5-7(8)10(11,12)13/h2-6,14H,1H2. The molecule has 1 aromatic carbocycles. The van der Waals surface area contributed by atoms with Crippen LogP contribution in [-0.4, -0.2) is 5.90 Å². The van der Waals surface area contributed by atoms with Crippen LogP contribution in [0.2, 0.25) is 0 Å². The normalized spacial score (nSPS) is 10.9. The minimum Gasteiger partial charge on any atom is -0.401 e. The number of benzene rings is 1. The highest BCUT2D eigenvalue weighted by atomic mass is 32.2. The quantitative estimate of drug-likeness (QED) is 0.499. The van der Waals surface area contributed by atoms with Crippen molar-refractivity contribution in [3.63, 3.8) is 0 Å². The van der Waals surface area contributed by atoms with Crippen LogP contribution >= 0.6 is 12.0 Å². The van der Waals surface area contributed by atoms with Gasteiger partial charge in [-0.2, -0.15) is 13.2 Å². The Balaban J connectivity index is 2.87. The largest absolute Gasteiger partial charge is 0.417 e. The van der Waals surface area contributed by atoms with Crippen LogP contribution in [0, 0.1) is 5.41 Å². The molecule has 1 aromatic rings. The molecule has 0 aliphatic heterocycles. The van der Waals surface area contributed by atoms with E-state index in [4.69, 9.17) is 9.59 Å². The maximum atomic E-state index is 12.5. The van der Waals surface area contributed by atoms with Crippen molar-refractivity contribution in [3.05, 3.63) is 42.5 Å². The van der Waals surface area contributed by atoms with Gasteiger partial charge in [-0.05, 0) is 18.2 Å². The van der Waals surface area contributed by atoms with E-state index < -0.39 is 11.7 Å². The topological polar surface area (TPSA) is 33.1 Å². The monoisotopic (exact) mass is 247 g/mol. The van der Waals surface area contributed by atoms with Crippen LogP contribution < -0.4 is 0 Å². The highest BCUT2D eigenvalue weighted by molar-refractivity contribution is 7.95. The predicted octanol–water partition coefficient (Wildman–Crippen LogP) is 3.89. The molecule has 0 aromatic heterocycles. The fourth-order valence-corrected chi connectivity index (χ4v) is 1.55. The number of alkyl halides is 3. The third-order valence-electron chi connectivity index (χ3n) is 1.60. The van der Waals surface area contributed by atoms with Crippen molar-refractivity contribution in [3.8, 4) is 0 Å². The van der Waals surface area contributed by atoms with Crippen LogP contribution in [0.5, 0.6) is 0 Å². The summed E-state index contributed by atoms with van der Waals surface area (Å²) in [4.78, 5) is -0.0819. The van der Waals surface area contributed by atoms with Gasteiger partial charge in [0, 0.05) is 0 Å². The molecule has 0 aliphatic rings. The second-order valence-corrected chi connectivity index (χ2v) is 3.50. The maximum absolute atomic E-state index is 12.5. The molecule has 0 amide bonds. The van der Waals surface area contributed by atoms with E-state index in [1.807, 2.05) is 0 Å². The van der Waals surface area contributed by atoms with Gasteiger partial charge in [0.25, 0.3) is 0 Å². The molecule has 0 radical (unpaired) electrons. The molecule has 0 saturated carbocycles. The number of hydrogen-bond acceptors (Lipinski definition) is 3. The molecule has 0 fully saturated rings. The third-order valence-corrected chi connectivity index (χ3v) is 2.40. The van der Waals surface area contributed by atoms with E-state index in [9.17, 15) is 13.2 Å². The second-order valence-electron chi connectivity index (χ2n) is 2.73. The molecule has 0 spiro atoms. The number of hydrogen-bond donors (Lipinski definition) is 1. The molecule has 0 aliphatic carbocycles. The first kappa shape index (κ1) is 12.6. The zero-order chi connectivity index (χ0) is 12.2. The Morgan fingerprint density at radius 2 is 2.00 bits per heavy atom. The van der Waals surface area contributed by atoms with Crippen LogP contribution in [0.15, 0.2) is 41.8 Å². The van der Waals surface area contributed by atoms with Crippen LogP contribution in [0.1, 0.15) is 5.56 Å². The highest BCUT2D eigenvalue weighted by Crippen LogP contribution is 2.36. The van der Waals surface area contributed by atoms with Crippen molar-refractivity contribution in [1.29, 1.82) is 5.41 Å². The molecule has 86 valence electrons. The first-order chi connectivity index (χ1) is 7.45. The summed E-state index contributed by atoms with van der Waals surface area (Å²) in [5.41, 5.74) is -0.781. The van der Waals surface area contributed by atoms with Crippen molar-refractivity contribution in [2.24, 2.45) is 0 Å². The lowest BCUT2D eigenvalue weighted by Gasteiger charge is -2.11. The molecule has 0 unspecified atom stereocenters. The summed E-state index contributed by atoms with van der Waals surface area (Å²) in [6, 6.07) is 5.01. The number of rotatable bonds is 3. The summed E-state index contributed by atoms with van der Waals surface area (Å²) in [7, 11) is 0. The lowest BCUT2D eigenvalue weighted by atomic mass is 10.2. The van der Waals surface area contributed by atoms with Crippen molar-refractivity contribution < 1.29 is 17.4 Å². The number of nitrogens with one attached hydrogen (secondary N) is 1. The fourth-order valence-electron chi connectivity index (χ4n) is 0.897. The van der Waals surface area contributed by atoms with Gasteiger partial charge in [-0.25, -0.2) is 0 Å². The number of halogens is 3. The van der Waals surface area contributed by atoms with E-state index in [1.165, 1.54) is 18.2 Å². The molecular formula is C10H8F3NOS. The summed E-state index contributed by atoms with van der Waals surface area (Å²) in [6.07, 6.45) is -3.33. The SMILES string of the molecule is C=CC(=N)OSc1ccccc1C(F)(F)F. The summed E-state index contributed by atoms with van der Waals surface area (Å²) in [5.74, 6) is -0.290. The minimum absolute atomic E-state index is 0.0819. The van der Waals surface area contributed by atoms with Gasteiger partial charge in [0.2, 0.25) is 5.90 Å². The predicted molar refractivity (Wildman–Crippen MR) is 56.3 cm³/mol. The molecule has 0 saturated heterocycles. The lowest BCUT2D eigenvalue weighted by Crippen LogP contribution is -2.06. The molecule has 0 bridgehead atoms. The average molecular weight is 247 g/mol. The van der Waals surface area contributed by atoms with Gasteiger partial charge < -0.3 is 4.18 Å². The molecule has 16 heavy (non-hydrogen) atoms. The fraction of sp³-hybridized carbons (Fsp3) is 0.100. The first-order valence-electron chi connectivity index (χ1n) is 4.17. The van der Waals surface area contributed by atoms with Gasteiger partial charge in [0.1, 0.15) is 0 Å². The van der Waals surface area contributed by atoms with Crippen molar-refractivity contribution in [2.45, 2.75) is 11.1 Å². The zero-order valence-corrected chi connectivity index (χ0v) is 8.86. The lowest BCUT2D eigenvalue weighted by molar-refractivity contribution is -0.139. The second kappa shape index (κ2) is 5.07. The van der Waals surface area contributed by atoms with Gasteiger partial charge in [0.15, 0.2) is 0 Å². The van der Waals surface area contributed by atoms with Crippen LogP contribution in [0.3, 0.4) is 0 Å². The Morgan fingerprint density at radius 1 is 1.38 bits per heavy atom. The summed E-state index contributed by atoms with van der Waals surface area (Å²) in [6.45, 7) is 3.26. The van der Waals surface area contributed by atoms with E-state index in [2.05, 4.69) is 6.58 Å². The van der Waals surface area contributed by atoms with Gasteiger partial charge in [0.05, 0.1) is 22.5 Å². The molecule has 1 N–H and O–H groups in total. The highest BCUT2D eigenvalue weighted by Gasteiger charge is 2.33. The summed E-state index contributed by atoms with van der Waals surface area (Å²) in [5, 5.41) is 7.07. The Morgan fingerprint density at radius 3 is 2.56 bits per heavy atom. The molecule has 2 nitrogen and oxygen atoms in total. The van der Waals surface area contributed by atoms with Gasteiger partial charge in [-0.1, -0.05) is 18.7 Å². The van der Waals surface area contributed by atoms with E-state index in [0.717, 1.165) is 12.1 Å². The van der Waals surface area contributed by atoms with Gasteiger partial charge in [-0.15, -0.1) is 0 Å². The van der Waals surface area contributed by atoms with Crippen LogP contribution in [-0.2, 0) is 10.4 Å². The van der Waals surface area contributed by atoms with Crippen molar-refractivity contribution >= 4 is 17.9 Å². The Hall–Kier alpha value is -1.43. The molecular weight excluding hydrogens is 239 g/mol. The smallest absolute Gasteiger partial charge is 0.401 e. The average Bonchev–Trinajstić information content (AvgIpc) is 2.25. The van der Waals surface area contributed by atoms with Gasteiger partial charge in [-0.3, -0.25) is 5.41 Å². The molecule has 1 rings (SSSR count). The third kappa shape index (κ3) is 3.30. The Bertz CT molecular complexity index is 403. The van der Waals surface area contributed by atoms with E-state index in [0.29, 0.717) is 12.0 Å². The van der Waals surface area contributed by atoms with Crippen molar-refractivity contribution in [2.75, 3.05) is 0 Å². The zero-order valence-electron chi connectivity index (χ0n) is 8.04. The van der Waals surface area contributed by atoms with E-state index in [-0.39, 0.29) is 10.8 Å². The Kier molecular flexibility index (Phi) is 4.00.